The first-order chi connectivity index (χ1) is 6.83. The highest BCUT2D eigenvalue weighted by Crippen LogP contribution is 2.30. The Balaban J connectivity index is 2.20. The molecule has 2 N–H and O–H groups in total. The Bertz CT molecular complexity index is 320. The van der Waals surface area contributed by atoms with Crippen LogP contribution in [0.15, 0.2) is 18.2 Å². The molecule has 1 heterocycles. The van der Waals surface area contributed by atoms with Crippen molar-refractivity contribution in [2.45, 2.75) is 19.8 Å². The first-order valence-corrected chi connectivity index (χ1v) is 5.36. The van der Waals surface area contributed by atoms with Crippen molar-refractivity contribution in [2.24, 2.45) is 5.73 Å². The third kappa shape index (κ3) is 1.62. The van der Waals surface area contributed by atoms with Gasteiger partial charge in [-0.15, -0.1) is 0 Å². The number of rotatable bonds is 3. The van der Waals surface area contributed by atoms with Crippen LogP contribution in [0, 0.1) is 6.92 Å². The molecule has 2 heteroatoms. The molecular weight excluding hydrogens is 172 g/mol. The molecule has 2 nitrogen and oxygen atoms in total. The number of anilines is 1. The maximum atomic E-state index is 5.54. The van der Waals surface area contributed by atoms with E-state index in [9.17, 15) is 0 Å². The van der Waals surface area contributed by atoms with Crippen molar-refractivity contribution < 1.29 is 0 Å². The van der Waals surface area contributed by atoms with Crippen molar-refractivity contribution in [2.75, 3.05) is 24.5 Å². The Hall–Kier alpha value is -1.02. The molecule has 0 bridgehead atoms. The lowest BCUT2D eigenvalue weighted by molar-refractivity contribution is 0.758. The number of hydrogen-bond acceptors (Lipinski definition) is 2. The molecule has 1 aliphatic rings. The van der Waals surface area contributed by atoms with Gasteiger partial charge in [0.1, 0.15) is 0 Å². The van der Waals surface area contributed by atoms with Crippen LogP contribution in [-0.4, -0.2) is 19.6 Å². The van der Waals surface area contributed by atoms with E-state index < -0.39 is 0 Å². The number of fused-ring (bicyclic) bond motifs is 1. The summed E-state index contributed by atoms with van der Waals surface area (Å²) in [4.78, 5) is 2.47. The number of nitrogens with zero attached hydrogens (tertiary/aromatic N) is 1. The van der Waals surface area contributed by atoms with Gasteiger partial charge in [-0.25, -0.2) is 0 Å². The van der Waals surface area contributed by atoms with Crippen LogP contribution in [-0.2, 0) is 6.42 Å². The van der Waals surface area contributed by atoms with Crippen LogP contribution in [0.5, 0.6) is 0 Å². The average Bonchev–Trinajstić information content (AvgIpc) is 2.59. The van der Waals surface area contributed by atoms with Gasteiger partial charge < -0.3 is 10.6 Å². The number of benzene rings is 1. The number of para-hydroxylation sites is 1. The minimum Gasteiger partial charge on any atom is -0.371 e. The minimum absolute atomic E-state index is 0.789. The lowest BCUT2D eigenvalue weighted by Gasteiger charge is -2.20. The Labute approximate surface area is 85.7 Å². The molecule has 1 aromatic rings. The van der Waals surface area contributed by atoms with E-state index in [0.29, 0.717) is 0 Å². The average molecular weight is 190 g/mol. The van der Waals surface area contributed by atoms with Crippen LogP contribution >= 0.6 is 0 Å². The van der Waals surface area contributed by atoms with E-state index in [0.717, 1.165) is 19.5 Å². The van der Waals surface area contributed by atoms with Gasteiger partial charge in [0, 0.05) is 18.8 Å². The molecule has 0 aromatic heterocycles. The second-order valence-corrected chi connectivity index (χ2v) is 3.96. The summed E-state index contributed by atoms with van der Waals surface area (Å²) in [5, 5.41) is 0. The summed E-state index contributed by atoms with van der Waals surface area (Å²) in [5.74, 6) is 0. The molecule has 1 aliphatic heterocycles. The quantitative estimate of drug-likeness (QED) is 0.786. The van der Waals surface area contributed by atoms with Gasteiger partial charge in [-0.3, -0.25) is 0 Å². The van der Waals surface area contributed by atoms with E-state index >= 15 is 0 Å². The smallest absolute Gasteiger partial charge is 0.0429 e. The van der Waals surface area contributed by atoms with Crippen LogP contribution in [0.25, 0.3) is 0 Å². The van der Waals surface area contributed by atoms with E-state index in [1.807, 2.05) is 0 Å². The molecule has 0 atom stereocenters. The Morgan fingerprint density at radius 1 is 1.43 bits per heavy atom. The van der Waals surface area contributed by atoms with Gasteiger partial charge in [-0.2, -0.15) is 0 Å². The van der Waals surface area contributed by atoms with Gasteiger partial charge >= 0.3 is 0 Å². The standard InChI is InChI=1S/C12H18N2/c1-10-4-2-5-11-6-9-14(12(10)11)8-3-7-13/h2,4-5H,3,6-9,13H2,1H3. The highest BCUT2D eigenvalue weighted by Gasteiger charge is 2.19. The lowest BCUT2D eigenvalue weighted by atomic mass is 10.1. The molecule has 0 saturated heterocycles. The number of nitrogens with two attached hydrogens (primary N) is 1. The van der Waals surface area contributed by atoms with Gasteiger partial charge in [-0.05, 0) is 37.4 Å². The van der Waals surface area contributed by atoms with E-state index in [1.54, 1.807) is 0 Å². The van der Waals surface area contributed by atoms with Crippen LogP contribution in [0.4, 0.5) is 5.69 Å². The monoisotopic (exact) mass is 190 g/mol. The first kappa shape index (κ1) is 9.53. The largest absolute Gasteiger partial charge is 0.371 e. The second-order valence-electron chi connectivity index (χ2n) is 3.96. The first-order valence-electron chi connectivity index (χ1n) is 5.36. The molecule has 0 aliphatic carbocycles. The zero-order valence-corrected chi connectivity index (χ0v) is 8.79. The fourth-order valence-electron chi connectivity index (χ4n) is 2.25. The van der Waals surface area contributed by atoms with Crippen LogP contribution < -0.4 is 10.6 Å². The van der Waals surface area contributed by atoms with Crippen LogP contribution in [0.1, 0.15) is 17.5 Å². The molecule has 0 fully saturated rings. The summed E-state index contributed by atoms with van der Waals surface area (Å²) < 4.78 is 0. The Morgan fingerprint density at radius 3 is 3.07 bits per heavy atom. The summed E-state index contributed by atoms with van der Waals surface area (Å²) in [6, 6.07) is 6.59. The van der Waals surface area contributed by atoms with Crippen molar-refractivity contribution in [1.82, 2.24) is 0 Å². The highest BCUT2D eigenvalue weighted by atomic mass is 15.1. The zero-order valence-electron chi connectivity index (χ0n) is 8.79. The molecule has 2 rings (SSSR count). The SMILES string of the molecule is Cc1cccc2c1N(CCCN)CC2. The maximum absolute atomic E-state index is 5.54. The van der Waals surface area contributed by atoms with Crippen LogP contribution in [0.3, 0.4) is 0 Å². The third-order valence-electron chi connectivity index (χ3n) is 2.92. The summed E-state index contributed by atoms with van der Waals surface area (Å²) in [6.07, 6.45) is 2.29. The maximum Gasteiger partial charge on any atom is 0.0429 e. The topological polar surface area (TPSA) is 29.3 Å². The van der Waals surface area contributed by atoms with Crippen molar-refractivity contribution in [3.05, 3.63) is 29.3 Å². The van der Waals surface area contributed by atoms with Gasteiger partial charge in [0.2, 0.25) is 0 Å². The van der Waals surface area contributed by atoms with Crippen molar-refractivity contribution in [3.8, 4) is 0 Å². The third-order valence-corrected chi connectivity index (χ3v) is 2.92. The molecule has 0 unspecified atom stereocenters. The molecule has 0 radical (unpaired) electrons. The normalized spacial score (nSPS) is 14.6. The molecule has 0 spiro atoms. The highest BCUT2D eigenvalue weighted by molar-refractivity contribution is 5.62. The second kappa shape index (κ2) is 4.01. The van der Waals surface area contributed by atoms with Crippen molar-refractivity contribution >= 4 is 5.69 Å². The van der Waals surface area contributed by atoms with E-state index in [4.69, 9.17) is 5.73 Å². The summed E-state index contributed by atoms with van der Waals surface area (Å²) >= 11 is 0. The fourth-order valence-corrected chi connectivity index (χ4v) is 2.25. The summed E-state index contributed by atoms with van der Waals surface area (Å²) in [6.45, 7) is 5.26. The van der Waals surface area contributed by atoms with Gasteiger partial charge in [0.05, 0.1) is 0 Å². The summed E-state index contributed by atoms with van der Waals surface area (Å²) in [7, 11) is 0. The Kier molecular flexibility index (Phi) is 2.73. The molecule has 1 aromatic carbocycles. The lowest BCUT2D eigenvalue weighted by Crippen LogP contribution is -2.24. The predicted molar refractivity (Wildman–Crippen MR) is 60.8 cm³/mol. The summed E-state index contributed by atoms with van der Waals surface area (Å²) in [5.41, 5.74) is 9.90. The predicted octanol–water partition coefficient (Wildman–Crippen LogP) is 1.71. The molecule has 0 amide bonds. The molecule has 14 heavy (non-hydrogen) atoms. The van der Waals surface area contributed by atoms with Gasteiger partial charge in [0.25, 0.3) is 0 Å². The Morgan fingerprint density at radius 2 is 2.29 bits per heavy atom. The van der Waals surface area contributed by atoms with E-state index in [2.05, 4.69) is 30.0 Å². The van der Waals surface area contributed by atoms with Crippen molar-refractivity contribution in [3.63, 3.8) is 0 Å². The molecule has 0 saturated carbocycles. The van der Waals surface area contributed by atoms with Gasteiger partial charge in [0.15, 0.2) is 0 Å². The number of hydrogen-bond donors (Lipinski definition) is 1. The van der Waals surface area contributed by atoms with E-state index in [-0.39, 0.29) is 0 Å². The van der Waals surface area contributed by atoms with E-state index in [1.165, 1.54) is 29.8 Å². The zero-order chi connectivity index (χ0) is 9.97. The van der Waals surface area contributed by atoms with Crippen molar-refractivity contribution in [1.29, 1.82) is 0 Å². The minimum atomic E-state index is 0.789. The molecular formula is C12H18N2. The van der Waals surface area contributed by atoms with Crippen LogP contribution in [0.2, 0.25) is 0 Å². The van der Waals surface area contributed by atoms with Gasteiger partial charge in [-0.1, -0.05) is 18.2 Å². The fraction of sp³-hybridized carbons (Fsp3) is 0.500. The molecule has 76 valence electrons. The number of aryl methyl sites for hydroxylation is 1.